The molecule has 2 aromatic rings. The molecule has 0 saturated carbocycles. The van der Waals surface area contributed by atoms with E-state index in [-0.39, 0.29) is 0 Å². The van der Waals surface area contributed by atoms with E-state index < -0.39 is 0 Å². The molecule has 0 fully saturated rings. The van der Waals surface area contributed by atoms with Crippen LogP contribution in [0.5, 0.6) is 11.5 Å². The van der Waals surface area contributed by atoms with Gasteiger partial charge in [0.1, 0.15) is 11.5 Å². The largest absolute Gasteiger partial charge is 0.456 e. The summed E-state index contributed by atoms with van der Waals surface area (Å²) in [6.45, 7) is 2.01. The molecule has 1 nitrogen and oxygen atoms in total. The molecule has 3 heteroatoms. The Morgan fingerprint density at radius 3 is 2.56 bits per heavy atom. The van der Waals surface area contributed by atoms with E-state index in [9.17, 15) is 0 Å². The molecule has 0 radical (unpaired) electrons. The molecule has 0 saturated heterocycles. The van der Waals surface area contributed by atoms with Crippen LogP contribution in [0.15, 0.2) is 46.9 Å². The second kappa shape index (κ2) is 4.89. The smallest absolute Gasteiger partial charge is 0.143 e. The first-order chi connectivity index (χ1) is 7.66. The second-order valence-electron chi connectivity index (χ2n) is 3.44. The number of hydrogen-bond acceptors (Lipinski definition) is 1. The molecule has 0 heterocycles. The minimum atomic E-state index is 0.659. The Morgan fingerprint density at radius 1 is 1.06 bits per heavy atom. The molecule has 0 aromatic heterocycles. The molecule has 0 unspecified atom stereocenters. The Hall–Kier alpha value is -0.990. The van der Waals surface area contributed by atoms with Crippen molar-refractivity contribution in [3.8, 4) is 11.5 Å². The van der Waals surface area contributed by atoms with Crippen LogP contribution in [-0.2, 0) is 0 Å². The van der Waals surface area contributed by atoms with Crippen LogP contribution >= 0.6 is 27.5 Å². The van der Waals surface area contributed by atoms with E-state index in [0.29, 0.717) is 5.02 Å². The minimum Gasteiger partial charge on any atom is -0.456 e. The van der Waals surface area contributed by atoms with E-state index in [2.05, 4.69) is 15.9 Å². The van der Waals surface area contributed by atoms with Crippen LogP contribution in [0.3, 0.4) is 0 Å². The molecule has 2 rings (SSSR count). The number of aryl methyl sites for hydroxylation is 1. The third-order valence-electron chi connectivity index (χ3n) is 2.21. The summed E-state index contributed by atoms with van der Waals surface area (Å²) in [5.41, 5.74) is 1.09. The summed E-state index contributed by atoms with van der Waals surface area (Å²) < 4.78 is 6.68. The number of halogens is 2. The predicted molar refractivity (Wildman–Crippen MR) is 70.4 cm³/mol. The van der Waals surface area contributed by atoms with Crippen molar-refractivity contribution in [3.05, 3.63) is 57.5 Å². The molecule has 16 heavy (non-hydrogen) atoms. The molecule has 0 amide bonds. The monoisotopic (exact) mass is 296 g/mol. The second-order valence-corrected chi connectivity index (χ2v) is 4.73. The van der Waals surface area contributed by atoms with Gasteiger partial charge in [-0.25, -0.2) is 0 Å². The lowest BCUT2D eigenvalue weighted by atomic mass is 10.2. The summed E-state index contributed by atoms with van der Waals surface area (Å²) in [5.74, 6) is 1.56. The molecule has 0 N–H and O–H groups in total. The summed E-state index contributed by atoms with van der Waals surface area (Å²) in [7, 11) is 0. The molecule has 2 aromatic carbocycles. The average Bonchev–Trinajstić information content (AvgIpc) is 2.27. The van der Waals surface area contributed by atoms with Crippen molar-refractivity contribution >= 4 is 27.5 Å². The summed E-state index contributed by atoms with van der Waals surface area (Å²) in [4.78, 5) is 0. The summed E-state index contributed by atoms with van der Waals surface area (Å²) in [6.07, 6.45) is 0. The van der Waals surface area contributed by atoms with E-state index in [1.807, 2.05) is 43.3 Å². The maximum absolute atomic E-state index is 5.92. The van der Waals surface area contributed by atoms with Gasteiger partial charge < -0.3 is 4.74 Å². The Morgan fingerprint density at radius 2 is 1.81 bits per heavy atom. The number of benzene rings is 2. The first-order valence-electron chi connectivity index (χ1n) is 4.85. The fraction of sp³-hybridized carbons (Fsp3) is 0.0769. The molecule has 0 aliphatic carbocycles. The van der Waals surface area contributed by atoms with Crippen molar-refractivity contribution in [1.82, 2.24) is 0 Å². The van der Waals surface area contributed by atoms with Crippen LogP contribution in [0.2, 0.25) is 5.02 Å². The topological polar surface area (TPSA) is 9.23 Å². The fourth-order valence-corrected chi connectivity index (χ4v) is 1.83. The summed E-state index contributed by atoms with van der Waals surface area (Å²) in [6, 6.07) is 13.3. The van der Waals surface area contributed by atoms with Gasteiger partial charge in [0.2, 0.25) is 0 Å². The van der Waals surface area contributed by atoms with Gasteiger partial charge in [-0.2, -0.15) is 0 Å². The lowest BCUT2D eigenvalue weighted by Gasteiger charge is -2.10. The lowest BCUT2D eigenvalue weighted by molar-refractivity contribution is 0.476. The Balaban J connectivity index is 2.34. The molecule has 0 aliphatic heterocycles. The van der Waals surface area contributed by atoms with Gasteiger partial charge in [-0.15, -0.1) is 0 Å². The standard InChI is InChI=1S/C13H10BrClO/c1-9-4-2-3-5-12(9)16-13-8-10(15)6-7-11(13)14/h2-8H,1H3. The first kappa shape index (κ1) is 11.5. The maximum atomic E-state index is 5.92. The van der Waals surface area contributed by atoms with Gasteiger partial charge in [0, 0.05) is 11.1 Å². The lowest BCUT2D eigenvalue weighted by Crippen LogP contribution is -1.88. The fourth-order valence-electron chi connectivity index (χ4n) is 1.34. The zero-order chi connectivity index (χ0) is 11.5. The van der Waals surface area contributed by atoms with Crippen LogP contribution in [0, 0.1) is 6.92 Å². The number of hydrogen-bond donors (Lipinski definition) is 0. The zero-order valence-electron chi connectivity index (χ0n) is 8.71. The van der Waals surface area contributed by atoms with Crippen molar-refractivity contribution in [2.75, 3.05) is 0 Å². The van der Waals surface area contributed by atoms with Crippen molar-refractivity contribution < 1.29 is 4.74 Å². The molecule has 82 valence electrons. The van der Waals surface area contributed by atoms with E-state index in [0.717, 1.165) is 21.5 Å². The van der Waals surface area contributed by atoms with Crippen LogP contribution in [0.4, 0.5) is 0 Å². The Bertz CT molecular complexity index is 511. The van der Waals surface area contributed by atoms with Crippen molar-refractivity contribution in [2.45, 2.75) is 6.92 Å². The highest BCUT2D eigenvalue weighted by Gasteiger charge is 2.05. The number of rotatable bonds is 2. The van der Waals surface area contributed by atoms with E-state index in [1.165, 1.54) is 0 Å². The van der Waals surface area contributed by atoms with Gasteiger partial charge in [0.25, 0.3) is 0 Å². The third-order valence-corrected chi connectivity index (χ3v) is 3.10. The van der Waals surface area contributed by atoms with Gasteiger partial charge in [0.15, 0.2) is 0 Å². The minimum absolute atomic E-state index is 0.659. The van der Waals surface area contributed by atoms with Gasteiger partial charge in [-0.3, -0.25) is 0 Å². The Kier molecular flexibility index (Phi) is 3.52. The van der Waals surface area contributed by atoms with Crippen LogP contribution < -0.4 is 4.74 Å². The van der Waals surface area contributed by atoms with Crippen LogP contribution in [0.1, 0.15) is 5.56 Å². The number of para-hydroxylation sites is 1. The molecule has 0 spiro atoms. The normalized spacial score (nSPS) is 10.2. The van der Waals surface area contributed by atoms with Gasteiger partial charge in [-0.1, -0.05) is 29.8 Å². The quantitative estimate of drug-likeness (QED) is 0.740. The van der Waals surface area contributed by atoms with Crippen molar-refractivity contribution in [1.29, 1.82) is 0 Å². The third kappa shape index (κ3) is 2.57. The molecular formula is C13H10BrClO. The average molecular weight is 298 g/mol. The van der Waals surface area contributed by atoms with Crippen LogP contribution in [-0.4, -0.2) is 0 Å². The van der Waals surface area contributed by atoms with Gasteiger partial charge in [-0.05, 0) is 46.6 Å². The molecule has 0 bridgehead atoms. The predicted octanol–water partition coefficient (Wildman–Crippen LogP) is 5.20. The highest BCUT2D eigenvalue weighted by molar-refractivity contribution is 9.10. The molecule has 0 atom stereocenters. The summed E-state index contributed by atoms with van der Waals surface area (Å²) in [5, 5.41) is 0.659. The first-order valence-corrected chi connectivity index (χ1v) is 6.02. The molecule has 0 aliphatic rings. The summed E-state index contributed by atoms with van der Waals surface area (Å²) >= 11 is 9.35. The van der Waals surface area contributed by atoms with Crippen molar-refractivity contribution in [3.63, 3.8) is 0 Å². The highest BCUT2D eigenvalue weighted by Crippen LogP contribution is 2.33. The SMILES string of the molecule is Cc1ccccc1Oc1cc(Cl)ccc1Br. The number of ether oxygens (including phenoxy) is 1. The maximum Gasteiger partial charge on any atom is 0.143 e. The van der Waals surface area contributed by atoms with Gasteiger partial charge >= 0.3 is 0 Å². The molecular weight excluding hydrogens is 287 g/mol. The van der Waals surface area contributed by atoms with Crippen molar-refractivity contribution in [2.24, 2.45) is 0 Å². The van der Waals surface area contributed by atoms with E-state index in [4.69, 9.17) is 16.3 Å². The highest BCUT2D eigenvalue weighted by atomic mass is 79.9. The van der Waals surface area contributed by atoms with E-state index >= 15 is 0 Å². The van der Waals surface area contributed by atoms with Gasteiger partial charge in [0.05, 0.1) is 4.47 Å². The Labute approximate surface area is 108 Å². The van der Waals surface area contributed by atoms with E-state index in [1.54, 1.807) is 6.07 Å². The van der Waals surface area contributed by atoms with Crippen LogP contribution in [0.25, 0.3) is 0 Å². The zero-order valence-corrected chi connectivity index (χ0v) is 11.0.